The topological polar surface area (TPSA) is 49.4 Å². The summed E-state index contributed by atoms with van der Waals surface area (Å²) in [5.74, 6) is -0.183. The van der Waals surface area contributed by atoms with Crippen LogP contribution in [-0.2, 0) is 4.79 Å². The van der Waals surface area contributed by atoms with Gasteiger partial charge in [0.25, 0.3) is 5.91 Å². The molecule has 24 heavy (non-hydrogen) atoms. The van der Waals surface area contributed by atoms with Crippen LogP contribution in [0.5, 0.6) is 0 Å². The molecule has 2 amide bonds. The lowest BCUT2D eigenvalue weighted by atomic mass is 10.1. The minimum atomic E-state index is -0.146. The van der Waals surface area contributed by atoms with Crippen molar-refractivity contribution >= 4 is 33.4 Å². The maximum Gasteiger partial charge on any atom is 0.251 e. The molecule has 0 fully saturated rings. The fourth-order valence-electron chi connectivity index (χ4n) is 2.64. The van der Waals surface area contributed by atoms with Crippen LogP contribution in [0.2, 0.25) is 0 Å². The summed E-state index contributed by atoms with van der Waals surface area (Å²) in [5, 5.41) is 2.86. The van der Waals surface area contributed by atoms with E-state index in [4.69, 9.17) is 0 Å². The molecule has 126 valence electrons. The van der Waals surface area contributed by atoms with Gasteiger partial charge in [-0.2, -0.15) is 0 Å². The molecule has 0 spiro atoms. The molecule has 2 aromatic carbocycles. The summed E-state index contributed by atoms with van der Waals surface area (Å²) in [7, 11) is 0. The van der Waals surface area contributed by atoms with Crippen molar-refractivity contribution in [1.82, 2.24) is 5.32 Å². The lowest BCUT2D eigenvalue weighted by Gasteiger charge is -2.25. The number of benzene rings is 2. The Morgan fingerprint density at radius 1 is 1.04 bits per heavy atom. The summed E-state index contributed by atoms with van der Waals surface area (Å²) in [5.41, 5.74) is 3.61. The minimum Gasteiger partial charge on any atom is -0.350 e. The highest BCUT2D eigenvalue weighted by Crippen LogP contribution is 2.24. The lowest BCUT2D eigenvalue weighted by Crippen LogP contribution is -2.38. The molecule has 0 radical (unpaired) electrons. The van der Waals surface area contributed by atoms with E-state index < -0.39 is 0 Å². The van der Waals surface area contributed by atoms with Crippen LogP contribution in [0, 0.1) is 13.8 Å². The molecule has 0 aromatic heterocycles. The largest absolute Gasteiger partial charge is 0.350 e. The van der Waals surface area contributed by atoms with Gasteiger partial charge in [0.2, 0.25) is 5.91 Å². The Morgan fingerprint density at radius 3 is 2.17 bits per heavy atom. The van der Waals surface area contributed by atoms with Crippen LogP contribution < -0.4 is 10.2 Å². The Morgan fingerprint density at radius 2 is 1.62 bits per heavy atom. The Kier molecular flexibility index (Phi) is 6.15. The lowest BCUT2D eigenvalue weighted by molar-refractivity contribution is -0.116. The fourth-order valence-corrected chi connectivity index (χ4v) is 2.91. The highest BCUT2D eigenvalue weighted by atomic mass is 79.9. The predicted molar refractivity (Wildman–Crippen MR) is 100 cm³/mol. The van der Waals surface area contributed by atoms with Gasteiger partial charge in [0.05, 0.1) is 0 Å². The van der Waals surface area contributed by atoms with Crippen LogP contribution >= 0.6 is 15.9 Å². The smallest absolute Gasteiger partial charge is 0.251 e. The molecule has 0 unspecified atom stereocenters. The molecular formula is C19H21BrN2O2. The van der Waals surface area contributed by atoms with Crippen molar-refractivity contribution in [2.45, 2.75) is 20.8 Å². The number of rotatable bonds is 5. The van der Waals surface area contributed by atoms with E-state index >= 15 is 0 Å². The first-order valence-corrected chi connectivity index (χ1v) is 8.57. The highest BCUT2D eigenvalue weighted by molar-refractivity contribution is 9.10. The molecule has 0 saturated carbocycles. The molecule has 0 aliphatic heterocycles. The van der Waals surface area contributed by atoms with Gasteiger partial charge >= 0.3 is 0 Å². The van der Waals surface area contributed by atoms with E-state index in [0.717, 1.165) is 21.3 Å². The van der Waals surface area contributed by atoms with Gasteiger partial charge in [-0.15, -0.1) is 0 Å². The number of para-hydroxylation sites is 1. The maximum atomic E-state index is 12.1. The maximum absolute atomic E-state index is 12.1. The predicted octanol–water partition coefficient (Wildman–Crippen LogP) is 3.85. The first-order chi connectivity index (χ1) is 11.4. The number of carbonyl (C=O) groups is 2. The van der Waals surface area contributed by atoms with Crippen molar-refractivity contribution in [3.63, 3.8) is 0 Å². The van der Waals surface area contributed by atoms with Gasteiger partial charge in [-0.25, -0.2) is 0 Å². The van der Waals surface area contributed by atoms with Gasteiger partial charge in [-0.05, 0) is 49.2 Å². The van der Waals surface area contributed by atoms with Crippen molar-refractivity contribution < 1.29 is 9.59 Å². The molecule has 0 bridgehead atoms. The van der Waals surface area contributed by atoms with Crippen LogP contribution in [0.1, 0.15) is 28.4 Å². The van der Waals surface area contributed by atoms with Crippen molar-refractivity contribution in [3.05, 3.63) is 63.6 Å². The van der Waals surface area contributed by atoms with Gasteiger partial charge in [-0.1, -0.05) is 34.1 Å². The first kappa shape index (κ1) is 18.2. The van der Waals surface area contributed by atoms with Crippen LogP contribution in [0.15, 0.2) is 46.9 Å². The number of hydrogen-bond acceptors (Lipinski definition) is 2. The third kappa shape index (κ3) is 4.45. The molecule has 0 atom stereocenters. The summed E-state index contributed by atoms with van der Waals surface area (Å²) < 4.78 is 0.928. The van der Waals surface area contributed by atoms with Gasteiger partial charge in [0, 0.05) is 35.7 Å². The Balaban J connectivity index is 2.03. The average Bonchev–Trinajstić information content (AvgIpc) is 2.53. The quantitative estimate of drug-likeness (QED) is 0.845. The van der Waals surface area contributed by atoms with E-state index in [1.165, 1.54) is 0 Å². The zero-order valence-corrected chi connectivity index (χ0v) is 15.7. The molecule has 4 nitrogen and oxygen atoms in total. The van der Waals surface area contributed by atoms with Gasteiger partial charge in [-0.3, -0.25) is 9.59 Å². The third-order valence-electron chi connectivity index (χ3n) is 3.82. The Labute approximate surface area is 151 Å². The molecule has 0 saturated heterocycles. The number of hydrogen-bond donors (Lipinski definition) is 1. The molecule has 0 aliphatic carbocycles. The van der Waals surface area contributed by atoms with Crippen molar-refractivity contribution in [3.8, 4) is 0 Å². The molecular weight excluding hydrogens is 368 g/mol. The number of aryl methyl sites for hydroxylation is 2. The molecule has 2 rings (SSSR count). The SMILES string of the molecule is CC(=O)N(CCNC(=O)c1ccc(Br)cc1)c1c(C)cccc1C. The minimum absolute atomic E-state index is 0.0368. The van der Waals surface area contributed by atoms with E-state index in [2.05, 4.69) is 21.2 Å². The van der Waals surface area contributed by atoms with Gasteiger partial charge in [0.1, 0.15) is 0 Å². The first-order valence-electron chi connectivity index (χ1n) is 7.78. The summed E-state index contributed by atoms with van der Waals surface area (Å²) in [4.78, 5) is 25.9. The molecule has 0 heterocycles. The summed E-state index contributed by atoms with van der Waals surface area (Å²) in [6.45, 7) is 6.34. The highest BCUT2D eigenvalue weighted by Gasteiger charge is 2.16. The van der Waals surface area contributed by atoms with Gasteiger partial charge < -0.3 is 10.2 Å². The number of carbonyl (C=O) groups excluding carboxylic acids is 2. The molecule has 1 N–H and O–H groups in total. The van der Waals surface area contributed by atoms with Crippen LogP contribution in [0.25, 0.3) is 0 Å². The van der Waals surface area contributed by atoms with Crippen molar-refractivity contribution in [2.75, 3.05) is 18.0 Å². The fraction of sp³-hybridized carbons (Fsp3) is 0.263. The van der Waals surface area contributed by atoms with Crippen LogP contribution in [0.3, 0.4) is 0 Å². The van der Waals surface area contributed by atoms with Gasteiger partial charge in [0.15, 0.2) is 0 Å². The van der Waals surface area contributed by atoms with E-state index in [1.807, 2.05) is 44.2 Å². The van der Waals surface area contributed by atoms with E-state index in [-0.39, 0.29) is 11.8 Å². The number of anilines is 1. The Bertz CT molecular complexity index is 721. The summed E-state index contributed by atoms with van der Waals surface area (Å²) >= 11 is 3.35. The average molecular weight is 389 g/mol. The second-order valence-corrected chi connectivity index (χ2v) is 6.59. The van der Waals surface area contributed by atoms with E-state index in [1.54, 1.807) is 24.0 Å². The Hall–Kier alpha value is -2.14. The second kappa shape index (κ2) is 8.11. The molecule has 5 heteroatoms. The number of nitrogens with one attached hydrogen (secondary N) is 1. The summed E-state index contributed by atoms with van der Waals surface area (Å²) in [6.07, 6.45) is 0. The summed E-state index contributed by atoms with van der Waals surface area (Å²) in [6, 6.07) is 13.1. The van der Waals surface area contributed by atoms with Crippen molar-refractivity contribution in [1.29, 1.82) is 0 Å². The zero-order valence-electron chi connectivity index (χ0n) is 14.1. The van der Waals surface area contributed by atoms with E-state index in [9.17, 15) is 9.59 Å². The normalized spacial score (nSPS) is 10.3. The van der Waals surface area contributed by atoms with E-state index in [0.29, 0.717) is 18.7 Å². The molecule has 2 aromatic rings. The van der Waals surface area contributed by atoms with Crippen LogP contribution in [0.4, 0.5) is 5.69 Å². The zero-order chi connectivity index (χ0) is 17.7. The third-order valence-corrected chi connectivity index (χ3v) is 4.35. The standard InChI is InChI=1S/C19H21BrN2O2/c1-13-5-4-6-14(2)18(13)22(15(3)23)12-11-21-19(24)16-7-9-17(20)10-8-16/h4-10H,11-12H2,1-3H3,(H,21,24). The monoisotopic (exact) mass is 388 g/mol. The number of halogens is 1. The van der Waals surface area contributed by atoms with Crippen LogP contribution in [-0.4, -0.2) is 24.9 Å². The number of amides is 2. The second-order valence-electron chi connectivity index (χ2n) is 5.67. The van der Waals surface area contributed by atoms with Crippen molar-refractivity contribution in [2.24, 2.45) is 0 Å². The number of nitrogens with zero attached hydrogens (tertiary/aromatic N) is 1. The molecule has 0 aliphatic rings.